The van der Waals surface area contributed by atoms with Crippen LogP contribution in [0.1, 0.15) is 33.1 Å². The zero-order valence-electron chi connectivity index (χ0n) is 7.24. The average Bonchev–Trinajstić information content (AvgIpc) is 1.80. The van der Waals surface area contributed by atoms with Crippen molar-refractivity contribution < 1.29 is 18.0 Å². The molecule has 0 saturated carbocycles. The normalized spacial score (nSPS) is 12.2. The van der Waals surface area contributed by atoms with Crippen LogP contribution in [-0.4, -0.2) is 12.0 Å². The highest BCUT2D eigenvalue weighted by Gasteiger charge is 2.27. The SMILES string of the molecule is CC(C)CC(=O)CCC(F)(F)F. The molecule has 0 aromatic carbocycles. The third-order valence-corrected chi connectivity index (χ3v) is 1.32. The summed E-state index contributed by atoms with van der Waals surface area (Å²) in [5.41, 5.74) is 0. The van der Waals surface area contributed by atoms with Gasteiger partial charge in [0.25, 0.3) is 0 Å². The molecule has 0 aliphatic rings. The quantitative estimate of drug-likeness (QED) is 0.653. The Hall–Kier alpha value is -0.540. The van der Waals surface area contributed by atoms with E-state index in [1.54, 1.807) is 0 Å². The van der Waals surface area contributed by atoms with Crippen molar-refractivity contribution in [3.63, 3.8) is 0 Å². The maximum absolute atomic E-state index is 11.6. The molecule has 72 valence electrons. The lowest BCUT2D eigenvalue weighted by Gasteiger charge is -2.06. The summed E-state index contributed by atoms with van der Waals surface area (Å²) in [5, 5.41) is 0. The third-order valence-electron chi connectivity index (χ3n) is 1.32. The highest BCUT2D eigenvalue weighted by molar-refractivity contribution is 5.78. The predicted octanol–water partition coefficient (Wildman–Crippen LogP) is 2.94. The fourth-order valence-electron chi connectivity index (χ4n) is 0.839. The van der Waals surface area contributed by atoms with Crippen molar-refractivity contribution in [2.45, 2.75) is 39.3 Å². The first-order valence-electron chi connectivity index (χ1n) is 3.89. The van der Waals surface area contributed by atoms with E-state index in [2.05, 4.69) is 0 Å². The number of halogens is 3. The fraction of sp³-hybridized carbons (Fsp3) is 0.875. The van der Waals surface area contributed by atoms with Gasteiger partial charge in [0.15, 0.2) is 0 Å². The van der Waals surface area contributed by atoms with E-state index < -0.39 is 12.6 Å². The van der Waals surface area contributed by atoms with Crippen LogP contribution in [0, 0.1) is 5.92 Å². The molecule has 0 aliphatic heterocycles. The van der Waals surface area contributed by atoms with Crippen molar-refractivity contribution in [1.29, 1.82) is 0 Å². The Morgan fingerprint density at radius 3 is 2.17 bits per heavy atom. The van der Waals surface area contributed by atoms with Gasteiger partial charge in [-0.2, -0.15) is 13.2 Å². The first-order valence-corrected chi connectivity index (χ1v) is 3.89. The van der Waals surface area contributed by atoms with Crippen LogP contribution in [-0.2, 0) is 4.79 Å². The Morgan fingerprint density at radius 2 is 1.83 bits per heavy atom. The first kappa shape index (κ1) is 11.5. The summed E-state index contributed by atoms with van der Waals surface area (Å²) in [7, 11) is 0. The Balaban J connectivity index is 3.58. The molecule has 0 aliphatic carbocycles. The van der Waals surface area contributed by atoms with Gasteiger partial charge in [0.05, 0.1) is 6.42 Å². The van der Waals surface area contributed by atoms with E-state index in [4.69, 9.17) is 0 Å². The van der Waals surface area contributed by atoms with E-state index in [1.807, 2.05) is 13.8 Å². The third kappa shape index (κ3) is 7.57. The van der Waals surface area contributed by atoms with Gasteiger partial charge in [0.1, 0.15) is 5.78 Å². The second-order valence-corrected chi connectivity index (χ2v) is 3.25. The van der Waals surface area contributed by atoms with Crippen molar-refractivity contribution in [2.75, 3.05) is 0 Å². The highest BCUT2D eigenvalue weighted by atomic mass is 19.4. The van der Waals surface area contributed by atoms with E-state index in [0.29, 0.717) is 0 Å². The standard InChI is InChI=1S/C8H13F3O/c1-6(2)5-7(12)3-4-8(9,10)11/h6H,3-5H2,1-2H3. The number of Topliss-reactive ketones (excluding diaryl/α,β-unsaturated/α-hetero) is 1. The number of ketones is 1. The molecular weight excluding hydrogens is 169 g/mol. The summed E-state index contributed by atoms with van der Waals surface area (Å²) < 4.78 is 34.8. The Labute approximate surface area is 70.0 Å². The molecule has 0 unspecified atom stereocenters. The van der Waals surface area contributed by atoms with Gasteiger partial charge in [-0.25, -0.2) is 0 Å². The van der Waals surface area contributed by atoms with Gasteiger partial charge < -0.3 is 0 Å². The van der Waals surface area contributed by atoms with Gasteiger partial charge in [0, 0.05) is 12.8 Å². The molecule has 0 aromatic heterocycles. The molecular formula is C8H13F3O. The number of carbonyl (C=O) groups is 1. The van der Waals surface area contributed by atoms with Crippen LogP contribution < -0.4 is 0 Å². The lowest BCUT2D eigenvalue weighted by atomic mass is 10.0. The first-order chi connectivity index (χ1) is 5.31. The average molecular weight is 182 g/mol. The molecule has 4 heteroatoms. The summed E-state index contributed by atoms with van der Waals surface area (Å²) in [6.45, 7) is 3.62. The van der Waals surface area contributed by atoms with Crippen LogP contribution >= 0.6 is 0 Å². The summed E-state index contributed by atoms with van der Waals surface area (Å²) in [4.78, 5) is 10.8. The molecule has 0 radical (unpaired) electrons. The van der Waals surface area contributed by atoms with E-state index in [0.717, 1.165) is 0 Å². The van der Waals surface area contributed by atoms with Crippen LogP contribution in [0.4, 0.5) is 13.2 Å². The predicted molar refractivity (Wildman–Crippen MR) is 39.8 cm³/mol. The van der Waals surface area contributed by atoms with Crippen LogP contribution in [0.3, 0.4) is 0 Å². The van der Waals surface area contributed by atoms with Crippen LogP contribution in [0.25, 0.3) is 0 Å². The highest BCUT2D eigenvalue weighted by Crippen LogP contribution is 2.22. The minimum atomic E-state index is -4.20. The van der Waals surface area contributed by atoms with Gasteiger partial charge in [-0.15, -0.1) is 0 Å². The zero-order valence-corrected chi connectivity index (χ0v) is 7.24. The minimum absolute atomic E-state index is 0.144. The second-order valence-electron chi connectivity index (χ2n) is 3.25. The molecule has 12 heavy (non-hydrogen) atoms. The monoisotopic (exact) mass is 182 g/mol. The fourth-order valence-corrected chi connectivity index (χ4v) is 0.839. The topological polar surface area (TPSA) is 17.1 Å². The van der Waals surface area contributed by atoms with E-state index in [1.165, 1.54) is 0 Å². The number of rotatable bonds is 4. The smallest absolute Gasteiger partial charge is 0.300 e. The van der Waals surface area contributed by atoms with Gasteiger partial charge >= 0.3 is 6.18 Å². The molecule has 0 rings (SSSR count). The molecule has 0 aromatic rings. The lowest BCUT2D eigenvalue weighted by Crippen LogP contribution is -2.11. The maximum atomic E-state index is 11.6. The van der Waals surface area contributed by atoms with E-state index in [9.17, 15) is 18.0 Å². The number of alkyl halides is 3. The minimum Gasteiger partial charge on any atom is -0.300 e. The maximum Gasteiger partial charge on any atom is 0.389 e. The van der Waals surface area contributed by atoms with Gasteiger partial charge in [-0.1, -0.05) is 13.8 Å². The van der Waals surface area contributed by atoms with Gasteiger partial charge in [-0.3, -0.25) is 4.79 Å². The van der Waals surface area contributed by atoms with Crippen LogP contribution in [0.5, 0.6) is 0 Å². The van der Waals surface area contributed by atoms with Crippen molar-refractivity contribution in [2.24, 2.45) is 5.92 Å². The van der Waals surface area contributed by atoms with E-state index >= 15 is 0 Å². The Morgan fingerprint density at radius 1 is 1.33 bits per heavy atom. The van der Waals surface area contributed by atoms with Gasteiger partial charge in [-0.05, 0) is 5.92 Å². The molecule has 0 saturated heterocycles. The molecule has 0 heterocycles. The summed E-state index contributed by atoms with van der Waals surface area (Å²) in [6, 6.07) is 0. The van der Waals surface area contributed by atoms with Gasteiger partial charge in [0.2, 0.25) is 0 Å². The number of hydrogen-bond acceptors (Lipinski definition) is 1. The molecule has 0 fully saturated rings. The zero-order chi connectivity index (χ0) is 9.78. The van der Waals surface area contributed by atoms with Crippen molar-refractivity contribution in [1.82, 2.24) is 0 Å². The molecule has 0 spiro atoms. The molecule has 0 atom stereocenters. The van der Waals surface area contributed by atoms with Crippen LogP contribution in [0.15, 0.2) is 0 Å². The largest absolute Gasteiger partial charge is 0.389 e. The second kappa shape index (κ2) is 4.48. The molecule has 0 amide bonds. The van der Waals surface area contributed by atoms with Crippen LogP contribution in [0.2, 0.25) is 0 Å². The summed E-state index contributed by atoms with van der Waals surface area (Å²) >= 11 is 0. The molecule has 0 bridgehead atoms. The van der Waals surface area contributed by atoms with Crippen molar-refractivity contribution in [3.8, 4) is 0 Å². The lowest BCUT2D eigenvalue weighted by molar-refractivity contribution is -0.143. The number of hydrogen-bond donors (Lipinski definition) is 0. The van der Waals surface area contributed by atoms with E-state index in [-0.39, 0.29) is 24.5 Å². The molecule has 1 nitrogen and oxygen atoms in total. The Bertz CT molecular complexity index is 149. The molecule has 0 N–H and O–H groups in total. The number of carbonyl (C=O) groups excluding carboxylic acids is 1. The van der Waals surface area contributed by atoms with Crippen molar-refractivity contribution in [3.05, 3.63) is 0 Å². The van der Waals surface area contributed by atoms with Crippen molar-refractivity contribution >= 4 is 5.78 Å². The Kier molecular flexibility index (Phi) is 4.28. The summed E-state index contributed by atoms with van der Waals surface area (Å²) in [6.07, 6.45) is -5.32. The summed E-state index contributed by atoms with van der Waals surface area (Å²) in [5.74, 6) is -0.159.